The predicted octanol–water partition coefficient (Wildman–Crippen LogP) is 2.31. The molecule has 6 rings (SSSR count). The van der Waals surface area contributed by atoms with Gasteiger partial charge in [0.2, 0.25) is 5.91 Å². The Hall–Kier alpha value is -3.26. The molecule has 156 valence electrons. The van der Waals surface area contributed by atoms with Gasteiger partial charge in [0.05, 0.1) is 16.7 Å². The van der Waals surface area contributed by atoms with Crippen molar-refractivity contribution >= 4 is 38.5 Å². The average Bonchev–Trinajstić information content (AvgIpc) is 3.20. The van der Waals surface area contributed by atoms with E-state index >= 15 is 0 Å². The number of rotatable bonds is 2. The van der Waals surface area contributed by atoms with Gasteiger partial charge in [-0.2, -0.15) is 0 Å². The van der Waals surface area contributed by atoms with E-state index in [-0.39, 0.29) is 11.5 Å². The van der Waals surface area contributed by atoms with Crippen molar-refractivity contribution in [3.05, 3.63) is 76.5 Å². The second-order valence-electron chi connectivity index (χ2n) is 8.10. The molecule has 2 aromatic carbocycles. The number of para-hydroxylation sites is 2. The number of aromatic amines is 1. The predicted molar refractivity (Wildman–Crippen MR) is 119 cm³/mol. The second kappa shape index (κ2) is 6.88. The lowest BCUT2D eigenvalue weighted by Crippen LogP contribution is -2.55. The molecule has 8 heteroatoms. The zero-order valence-electron chi connectivity index (χ0n) is 16.7. The molecule has 2 aromatic heterocycles. The number of H-pyrrole nitrogens is 1. The molecular weight excluding hydrogens is 412 g/mol. The van der Waals surface area contributed by atoms with Crippen molar-refractivity contribution in [1.82, 2.24) is 19.4 Å². The SMILES string of the molecule is O=C1[C@@H](Cc2c[nH]c3ccccc23)n2c(nc3ccccc3c2=O)[C@H]2C[S@](=O)CCN12. The molecule has 0 saturated carbocycles. The van der Waals surface area contributed by atoms with Gasteiger partial charge in [-0.25, -0.2) is 4.98 Å². The number of fused-ring (bicyclic) bond motifs is 5. The first kappa shape index (κ1) is 18.5. The quantitative estimate of drug-likeness (QED) is 0.527. The van der Waals surface area contributed by atoms with Gasteiger partial charge in [0.1, 0.15) is 17.9 Å². The fraction of sp³-hybridized carbons (Fsp3) is 0.261. The largest absolute Gasteiger partial charge is 0.361 e. The lowest BCUT2D eigenvalue weighted by molar-refractivity contribution is -0.139. The van der Waals surface area contributed by atoms with Crippen LogP contribution in [0.3, 0.4) is 0 Å². The fourth-order valence-corrected chi connectivity index (χ4v) is 6.12. The van der Waals surface area contributed by atoms with Gasteiger partial charge >= 0.3 is 0 Å². The number of hydrogen-bond acceptors (Lipinski definition) is 4. The maximum atomic E-state index is 13.6. The van der Waals surface area contributed by atoms with E-state index in [2.05, 4.69) is 4.98 Å². The lowest BCUT2D eigenvalue weighted by Gasteiger charge is -2.43. The standard InChI is InChI=1S/C23H20N4O3S/c28-22-16-6-2-4-8-18(16)25-21-20-13-31(30)10-9-26(20)23(29)19(27(21)22)11-14-12-24-17-7-3-1-5-15(14)17/h1-8,12,19-20,24H,9-11,13H2/t19-,20-,31-/m1/s1. The minimum absolute atomic E-state index is 0.0985. The van der Waals surface area contributed by atoms with Crippen LogP contribution in [-0.2, 0) is 22.0 Å². The van der Waals surface area contributed by atoms with Crippen LogP contribution < -0.4 is 5.56 Å². The summed E-state index contributed by atoms with van der Waals surface area (Å²) in [5.74, 6) is 1.22. The van der Waals surface area contributed by atoms with Crippen LogP contribution >= 0.6 is 0 Å². The van der Waals surface area contributed by atoms with Crippen molar-refractivity contribution in [3.8, 4) is 0 Å². The third-order valence-electron chi connectivity index (χ3n) is 6.38. The van der Waals surface area contributed by atoms with Crippen molar-refractivity contribution in [2.45, 2.75) is 18.5 Å². The van der Waals surface area contributed by atoms with Crippen molar-refractivity contribution in [2.24, 2.45) is 0 Å². The molecule has 1 saturated heterocycles. The number of carbonyl (C=O) groups is 1. The summed E-state index contributed by atoms with van der Waals surface area (Å²) in [6, 6.07) is 14.0. The monoisotopic (exact) mass is 432 g/mol. The van der Waals surface area contributed by atoms with Crippen LogP contribution in [0.15, 0.2) is 59.5 Å². The van der Waals surface area contributed by atoms with Crippen LogP contribution in [0.25, 0.3) is 21.8 Å². The zero-order valence-corrected chi connectivity index (χ0v) is 17.5. The van der Waals surface area contributed by atoms with E-state index in [4.69, 9.17) is 4.98 Å². The van der Waals surface area contributed by atoms with Gasteiger partial charge in [0.25, 0.3) is 5.56 Å². The number of benzene rings is 2. The first-order valence-corrected chi connectivity index (χ1v) is 11.8. The highest BCUT2D eigenvalue weighted by Crippen LogP contribution is 2.35. The van der Waals surface area contributed by atoms with Gasteiger partial charge in [-0.1, -0.05) is 30.3 Å². The Kier molecular flexibility index (Phi) is 4.11. The highest BCUT2D eigenvalue weighted by Gasteiger charge is 2.44. The van der Waals surface area contributed by atoms with Gasteiger partial charge in [-0.05, 0) is 23.8 Å². The smallest absolute Gasteiger partial charge is 0.262 e. The summed E-state index contributed by atoms with van der Waals surface area (Å²) in [5.41, 5.74) is 2.38. The molecule has 1 amide bonds. The van der Waals surface area contributed by atoms with Gasteiger partial charge in [-0.3, -0.25) is 18.4 Å². The molecule has 0 spiro atoms. The molecule has 0 aliphatic carbocycles. The van der Waals surface area contributed by atoms with Crippen LogP contribution in [0.2, 0.25) is 0 Å². The molecule has 4 heterocycles. The summed E-state index contributed by atoms with van der Waals surface area (Å²) in [5, 5.41) is 1.54. The summed E-state index contributed by atoms with van der Waals surface area (Å²) in [7, 11) is -1.04. The van der Waals surface area contributed by atoms with Crippen molar-refractivity contribution in [1.29, 1.82) is 0 Å². The van der Waals surface area contributed by atoms with Crippen molar-refractivity contribution < 1.29 is 9.00 Å². The first-order chi connectivity index (χ1) is 15.1. The maximum absolute atomic E-state index is 13.6. The Morgan fingerprint density at radius 3 is 2.71 bits per heavy atom. The average molecular weight is 433 g/mol. The number of hydrogen-bond donors (Lipinski definition) is 1. The van der Waals surface area contributed by atoms with E-state index in [1.54, 1.807) is 21.6 Å². The molecule has 2 aliphatic rings. The highest BCUT2D eigenvalue weighted by molar-refractivity contribution is 7.85. The Labute approximate surface area is 180 Å². The van der Waals surface area contributed by atoms with Crippen molar-refractivity contribution in [2.75, 3.05) is 18.1 Å². The number of aromatic nitrogens is 3. The van der Waals surface area contributed by atoms with E-state index in [1.165, 1.54) is 0 Å². The third kappa shape index (κ3) is 2.78. The van der Waals surface area contributed by atoms with E-state index in [9.17, 15) is 13.8 Å². The minimum atomic E-state index is -1.04. The third-order valence-corrected chi connectivity index (χ3v) is 7.71. The Morgan fingerprint density at radius 1 is 1.06 bits per heavy atom. The normalized spacial score (nSPS) is 23.2. The second-order valence-corrected chi connectivity index (χ2v) is 9.72. The molecule has 0 bridgehead atoms. The molecule has 7 nitrogen and oxygen atoms in total. The van der Waals surface area contributed by atoms with Crippen LogP contribution in [0.4, 0.5) is 0 Å². The lowest BCUT2D eigenvalue weighted by atomic mass is 9.99. The van der Waals surface area contributed by atoms with Crippen LogP contribution in [-0.4, -0.2) is 47.6 Å². The minimum Gasteiger partial charge on any atom is -0.361 e. The van der Waals surface area contributed by atoms with E-state index in [1.807, 2.05) is 42.6 Å². The fourth-order valence-electron chi connectivity index (χ4n) is 4.87. The van der Waals surface area contributed by atoms with Crippen molar-refractivity contribution in [3.63, 3.8) is 0 Å². The van der Waals surface area contributed by atoms with Gasteiger partial charge in [0, 0.05) is 46.6 Å². The van der Waals surface area contributed by atoms with Gasteiger partial charge in [0.15, 0.2) is 0 Å². The topological polar surface area (TPSA) is 88.1 Å². The van der Waals surface area contributed by atoms with Gasteiger partial charge < -0.3 is 9.88 Å². The molecule has 31 heavy (non-hydrogen) atoms. The number of nitrogens with one attached hydrogen (secondary N) is 1. The molecule has 3 atom stereocenters. The highest BCUT2D eigenvalue weighted by atomic mass is 32.2. The summed E-state index contributed by atoms with van der Waals surface area (Å²) in [6.07, 6.45) is 2.30. The maximum Gasteiger partial charge on any atom is 0.262 e. The summed E-state index contributed by atoms with van der Waals surface area (Å²) >= 11 is 0. The molecule has 1 N–H and O–H groups in total. The first-order valence-electron chi connectivity index (χ1n) is 10.3. The Bertz CT molecular complexity index is 1440. The summed E-state index contributed by atoms with van der Waals surface area (Å²) in [4.78, 5) is 37.0. The van der Waals surface area contributed by atoms with E-state index in [0.717, 1.165) is 16.5 Å². The number of nitrogens with zero attached hydrogens (tertiary/aromatic N) is 3. The Balaban J connectivity index is 1.57. The van der Waals surface area contributed by atoms with Crippen LogP contribution in [0.5, 0.6) is 0 Å². The summed E-state index contributed by atoms with van der Waals surface area (Å²) in [6.45, 7) is 0.420. The number of carbonyl (C=O) groups excluding carboxylic acids is 1. The molecule has 1 fully saturated rings. The summed E-state index contributed by atoms with van der Waals surface area (Å²) < 4.78 is 13.9. The molecular formula is C23H20N4O3S. The number of amides is 1. The van der Waals surface area contributed by atoms with Crippen LogP contribution in [0, 0.1) is 0 Å². The molecule has 0 unspecified atom stereocenters. The molecule has 4 aromatic rings. The van der Waals surface area contributed by atoms with Crippen LogP contribution in [0.1, 0.15) is 23.5 Å². The zero-order chi connectivity index (χ0) is 21.1. The molecule has 2 aliphatic heterocycles. The van der Waals surface area contributed by atoms with Gasteiger partial charge in [-0.15, -0.1) is 0 Å². The Morgan fingerprint density at radius 2 is 1.84 bits per heavy atom. The molecule has 0 radical (unpaired) electrons. The van der Waals surface area contributed by atoms with E-state index in [0.29, 0.717) is 41.2 Å². The van der Waals surface area contributed by atoms with E-state index < -0.39 is 22.9 Å².